The molecule has 0 spiro atoms. The lowest BCUT2D eigenvalue weighted by Crippen LogP contribution is -2.39. The molecule has 1 aliphatic heterocycles. The summed E-state index contributed by atoms with van der Waals surface area (Å²) in [7, 11) is 0. The quantitative estimate of drug-likeness (QED) is 0.292. The molecule has 3 aromatic heterocycles. The molecule has 1 saturated carbocycles. The molecule has 41 heavy (non-hydrogen) atoms. The maximum Gasteiger partial charge on any atom is 0.256 e. The lowest BCUT2D eigenvalue weighted by molar-refractivity contribution is -0.122. The van der Waals surface area contributed by atoms with Gasteiger partial charge in [0.05, 0.1) is 16.9 Å². The summed E-state index contributed by atoms with van der Waals surface area (Å²) < 4.78 is 2.11. The molecule has 9 heteroatoms. The summed E-state index contributed by atoms with van der Waals surface area (Å²) in [5, 5.41) is 12.1. The molecule has 2 amide bonds. The minimum Gasteiger partial charge on any atom is -0.383 e. The number of pyridine rings is 2. The van der Waals surface area contributed by atoms with Crippen molar-refractivity contribution in [3.8, 4) is 11.3 Å². The molecule has 2 bridgehead atoms. The minimum atomic E-state index is -0.234. The summed E-state index contributed by atoms with van der Waals surface area (Å²) in [6.07, 6.45) is 16.1. The summed E-state index contributed by atoms with van der Waals surface area (Å²) in [6, 6.07) is 13.0. The van der Waals surface area contributed by atoms with Crippen molar-refractivity contribution in [1.82, 2.24) is 25.1 Å². The zero-order valence-corrected chi connectivity index (χ0v) is 23.1. The van der Waals surface area contributed by atoms with Crippen LogP contribution >= 0.6 is 0 Å². The Bertz CT molecular complexity index is 1580. The number of allylic oxidation sites excluding steroid dienone is 1. The number of rotatable bonds is 3. The highest BCUT2D eigenvalue weighted by Gasteiger charge is 2.29. The van der Waals surface area contributed by atoms with Crippen LogP contribution < -0.4 is 16.4 Å². The van der Waals surface area contributed by atoms with Gasteiger partial charge in [0.25, 0.3) is 5.91 Å². The summed E-state index contributed by atoms with van der Waals surface area (Å²) in [5.74, 6) is 0.837. The van der Waals surface area contributed by atoms with Crippen molar-refractivity contribution in [3.63, 3.8) is 0 Å². The third-order valence-electron chi connectivity index (χ3n) is 8.04. The molecular weight excluding hydrogens is 514 g/mol. The van der Waals surface area contributed by atoms with Crippen LogP contribution in [0.4, 0.5) is 11.6 Å². The Kier molecular flexibility index (Phi) is 7.75. The summed E-state index contributed by atoms with van der Waals surface area (Å²) in [5.41, 5.74) is 10.6. The van der Waals surface area contributed by atoms with Crippen LogP contribution in [0.25, 0.3) is 28.2 Å². The van der Waals surface area contributed by atoms with Crippen LogP contribution in [0.15, 0.2) is 60.9 Å². The number of benzene rings is 1. The van der Waals surface area contributed by atoms with Gasteiger partial charge in [-0.3, -0.25) is 14.3 Å². The van der Waals surface area contributed by atoms with Crippen LogP contribution in [0.5, 0.6) is 0 Å². The smallest absolute Gasteiger partial charge is 0.256 e. The molecule has 210 valence electrons. The van der Waals surface area contributed by atoms with Crippen molar-refractivity contribution in [1.29, 1.82) is 0 Å². The minimum absolute atomic E-state index is 0.118. The molecule has 1 unspecified atom stereocenters. The second kappa shape index (κ2) is 11.9. The Hall–Kier alpha value is -4.53. The van der Waals surface area contributed by atoms with Gasteiger partial charge < -0.3 is 16.4 Å². The van der Waals surface area contributed by atoms with E-state index in [1.807, 2.05) is 24.4 Å². The average Bonchev–Trinajstić information content (AvgIpc) is 3.40. The van der Waals surface area contributed by atoms with Crippen molar-refractivity contribution in [2.24, 2.45) is 0 Å². The van der Waals surface area contributed by atoms with Gasteiger partial charge in [0.15, 0.2) is 0 Å². The van der Waals surface area contributed by atoms with Crippen LogP contribution in [0, 0.1) is 0 Å². The van der Waals surface area contributed by atoms with Crippen molar-refractivity contribution in [2.45, 2.75) is 69.9 Å². The predicted octanol–water partition coefficient (Wildman–Crippen LogP) is 5.91. The van der Waals surface area contributed by atoms with Crippen LogP contribution in [0.3, 0.4) is 0 Å². The second-order valence-corrected chi connectivity index (χ2v) is 10.9. The summed E-state index contributed by atoms with van der Waals surface area (Å²) in [6.45, 7) is 0. The lowest BCUT2D eigenvalue weighted by Gasteiger charge is -2.30. The lowest BCUT2D eigenvalue weighted by atomic mass is 9.90. The van der Waals surface area contributed by atoms with E-state index in [4.69, 9.17) is 10.8 Å². The zero-order valence-electron chi connectivity index (χ0n) is 23.1. The number of carbonyl (C=O) groups is 2. The number of nitrogens with two attached hydrogens (primary N) is 1. The van der Waals surface area contributed by atoms with Gasteiger partial charge in [0.1, 0.15) is 17.3 Å². The number of hydrogen-bond donors (Lipinski definition) is 3. The molecule has 4 N–H and O–H groups in total. The highest BCUT2D eigenvalue weighted by molar-refractivity contribution is 6.06. The van der Waals surface area contributed by atoms with E-state index in [0.29, 0.717) is 23.6 Å². The van der Waals surface area contributed by atoms with Gasteiger partial charge >= 0.3 is 0 Å². The molecule has 4 heterocycles. The van der Waals surface area contributed by atoms with E-state index in [1.54, 1.807) is 30.5 Å². The van der Waals surface area contributed by atoms with Crippen LogP contribution in [0.2, 0.25) is 0 Å². The van der Waals surface area contributed by atoms with Gasteiger partial charge in [-0.15, -0.1) is 0 Å². The number of anilines is 2. The zero-order chi connectivity index (χ0) is 28.2. The van der Waals surface area contributed by atoms with E-state index in [0.717, 1.165) is 79.1 Å². The fraction of sp³-hybridized carbons (Fsp3) is 0.344. The standard InChI is InChI=1S/C32H35N7O2/c33-31-28-29(21-14-16-22(17-15-21)32(41)37-26-12-6-7-18-34-26)38-39-25-11-8-10-24(19-25)36-27(40)13-5-3-1-2-4-9-23(20-35-31)30(28)39/h4,6-7,9,12,14-18,20,24-25H,1-3,5,8,10-11,13,19H2,(H2,33,35)(H,36,40)(H,34,37,41)/b9-4+/t24-,25?/m1/s1. The number of amides is 2. The van der Waals surface area contributed by atoms with E-state index in [9.17, 15) is 9.59 Å². The largest absolute Gasteiger partial charge is 0.383 e. The molecule has 1 aliphatic carbocycles. The number of nitrogens with one attached hydrogen (secondary N) is 2. The highest BCUT2D eigenvalue weighted by Crippen LogP contribution is 2.39. The Morgan fingerprint density at radius 2 is 1.90 bits per heavy atom. The number of carbonyl (C=O) groups excluding carboxylic acids is 2. The van der Waals surface area contributed by atoms with E-state index in [2.05, 4.69) is 37.4 Å². The summed E-state index contributed by atoms with van der Waals surface area (Å²) >= 11 is 0. The van der Waals surface area contributed by atoms with Gasteiger partial charge in [-0.25, -0.2) is 9.97 Å². The first-order chi connectivity index (χ1) is 20.1. The van der Waals surface area contributed by atoms with Crippen molar-refractivity contribution in [2.75, 3.05) is 11.1 Å². The van der Waals surface area contributed by atoms with Gasteiger partial charge in [-0.05, 0) is 69.2 Å². The number of hydrogen-bond acceptors (Lipinski definition) is 6. The van der Waals surface area contributed by atoms with Crippen molar-refractivity contribution >= 4 is 40.4 Å². The molecule has 0 radical (unpaired) electrons. The first-order valence-electron chi connectivity index (χ1n) is 14.5. The number of nitrogens with zero attached hydrogens (tertiary/aromatic N) is 4. The Labute approximate surface area is 239 Å². The molecule has 6 rings (SSSR count). The van der Waals surface area contributed by atoms with Crippen molar-refractivity contribution in [3.05, 3.63) is 72.1 Å². The summed E-state index contributed by atoms with van der Waals surface area (Å²) in [4.78, 5) is 34.1. The van der Waals surface area contributed by atoms with E-state index in [1.165, 1.54) is 0 Å². The molecule has 1 fully saturated rings. The SMILES string of the molecule is Nc1ncc2c3c1c(-c1ccc(C(=O)Nc4ccccn4)cc1)nn3C1CCC[C@H](C1)NC(=O)CCCCC/C=C/2. The fourth-order valence-corrected chi connectivity index (χ4v) is 5.96. The third-order valence-corrected chi connectivity index (χ3v) is 8.04. The number of nitrogen functional groups attached to an aromatic ring is 1. The Morgan fingerprint density at radius 1 is 1.02 bits per heavy atom. The van der Waals surface area contributed by atoms with Gasteiger partial charge in [-0.2, -0.15) is 5.10 Å². The van der Waals surface area contributed by atoms with Gasteiger partial charge in [0.2, 0.25) is 5.91 Å². The van der Waals surface area contributed by atoms with Crippen LogP contribution in [0.1, 0.15) is 79.8 Å². The monoisotopic (exact) mass is 549 g/mol. The fourth-order valence-electron chi connectivity index (χ4n) is 5.96. The maximum atomic E-state index is 12.8. The Morgan fingerprint density at radius 3 is 2.73 bits per heavy atom. The number of aromatic nitrogens is 4. The first-order valence-corrected chi connectivity index (χ1v) is 14.5. The topological polar surface area (TPSA) is 128 Å². The highest BCUT2D eigenvalue weighted by atomic mass is 16.2. The first kappa shape index (κ1) is 26.7. The van der Waals surface area contributed by atoms with Crippen molar-refractivity contribution < 1.29 is 9.59 Å². The Balaban J connectivity index is 1.39. The molecule has 9 nitrogen and oxygen atoms in total. The number of fused-ring (bicyclic) bond motifs is 3. The third kappa shape index (κ3) is 5.84. The van der Waals surface area contributed by atoms with E-state index in [-0.39, 0.29) is 23.9 Å². The predicted molar refractivity (Wildman–Crippen MR) is 161 cm³/mol. The van der Waals surface area contributed by atoms with E-state index < -0.39 is 0 Å². The average molecular weight is 550 g/mol. The van der Waals surface area contributed by atoms with Gasteiger partial charge in [-0.1, -0.05) is 36.8 Å². The molecule has 1 aromatic carbocycles. The van der Waals surface area contributed by atoms with E-state index >= 15 is 0 Å². The molecular formula is C32H35N7O2. The van der Waals surface area contributed by atoms with Gasteiger partial charge in [0, 0.05) is 41.5 Å². The normalized spacial score (nSPS) is 20.4. The maximum absolute atomic E-state index is 12.8. The second-order valence-electron chi connectivity index (χ2n) is 10.9. The van der Waals surface area contributed by atoms with Crippen LogP contribution in [-0.2, 0) is 4.79 Å². The molecule has 0 saturated heterocycles. The van der Waals surface area contributed by atoms with Crippen LogP contribution in [-0.4, -0.2) is 37.6 Å². The molecule has 4 aromatic rings. The molecule has 2 atom stereocenters. The molecule has 2 aliphatic rings.